The van der Waals surface area contributed by atoms with E-state index in [1.807, 2.05) is 0 Å². The maximum atomic E-state index is 10.5. The molecule has 1 aromatic heterocycles. The van der Waals surface area contributed by atoms with Gasteiger partial charge in [0.1, 0.15) is 16.4 Å². The molecular weight excluding hydrogens is 293 g/mol. The van der Waals surface area contributed by atoms with Crippen LogP contribution in [0, 0.1) is 0 Å². The molecule has 2 N–H and O–H groups in total. The van der Waals surface area contributed by atoms with Crippen LogP contribution < -0.4 is 10.1 Å². The molecular formula is C11H13Cl2N3O3. The van der Waals surface area contributed by atoms with Gasteiger partial charge in [0.05, 0.1) is 0 Å². The number of hydrogen-bond acceptors (Lipinski definition) is 4. The third-order valence-electron chi connectivity index (χ3n) is 2.92. The molecule has 104 valence electrons. The molecule has 0 radical (unpaired) electrons. The lowest BCUT2D eigenvalue weighted by Gasteiger charge is -2.28. The Morgan fingerprint density at radius 2 is 1.84 bits per heavy atom. The van der Waals surface area contributed by atoms with E-state index in [-0.39, 0.29) is 28.5 Å². The van der Waals surface area contributed by atoms with Crippen molar-refractivity contribution >= 4 is 29.3 Å². The number of rotatable bonds is 3. The van der Waals surface area contributed by atoms with Gasteiger partial charge in [-0.15, -0.1) is 0 Å². The largest absolute Gasteiger partial charge is 0.465 e. The van der Waals surface area contributed by atoms with Crippen LogP contribution in [0.15, 0.2) is 6.07 Å². The second kappa shape index (κ2) is 6.25. The maximum Gasteiger partial charge on any atom is 0.404 e. The van der Waals surface area contributed by atoms with Crippen molar-refractivity contribution in [2.24, 2.45) is 0 Å². The monoisotopic (exact) mass is 305 g/mol. The number of carbonyl (C=O) groups is 1. The van der Waals surface area contributed by atoms with E-state index in [9.17, 15) is 4.79 Å². The topological polar surface area (TPSA) is 84.3 Å². The van der Waals surface area contributed by atoms with Gasteiger partial charge in [-0.2, -0.15) is 9.97 Å². The molecule has 0 spiro atoms. The van der Waals surface area contributed by atoms with E-state index >= 15 is 0 Å². The van der Waals surface area contributed by atoms with Gasteiger partial charge in [-0.05, 0) is 25.7 Å². The van der Waals surface area contributed by atoms with Crippen molar-refractivity contribution in [1.29, 1.82) is 0 Å². The predicted octanol–water partition coefficient (Wildman–Crippen LogP) is 2.74. The zero-order valence-corrected chi connectivity index (χ0v) is 11.5. The highest BCUT2D eigenvalue weighted by Gasteiger charge is 2.24. The molecule has 1 aliphatic carbocycles. The summed E-state index contributed by atoms with van der Waals surface area (Å²) >= 11 is 11.5. The molecule has 0 bridgehead atoms. The van der Waals surface area contributed by atoms with Crippen molar-refractivity contribution in [3.05, 3.63) is 16.4 Å². The van der Waals surface area contributed by atoms with Crippen molar-refractivity contribution in [2.45, 2.75) is 37.8 Å². The van der Waals surface area contributed by atoms with E-state index in [0.29, 0.717) is 0 Å². The highest BCUT2D eigenvalue weighted by molar-refractivity contribution is 6.33. The van der Waals surface area contributed by atoms with Crippen molar-refractivity contribution < 1.29 is 14.6 Å². The van der Waals surface area contributed by atoms with E-state index in [4.69, 9.17) is 33.0 Å². The summed E-state index contributed by atoms with van der Waals surface area (Å²) in [5.74, 6) is 0. The molecule has 0 unspecified atom stereocenters. The smallest absolute Gasteiger partial charge is 0.404 e. The van der Waals surface area contributed by atoms with E-state index in [1.165, 1.54) is 6.07 Å². The summed E-state index contributed by atoms with van der Waals surface area (Å²) in [7, 11) is 0. The van der Waals surface area contributed by atoms with E-state index in [2.05, 4.69) is 15.3 Å². The van der Waals surface area contributed by atoms with Gasteiger partial charge in [0, 0.05) is 12.1 Å². The first-order chi connectivity index (χ1) is 9.02. The Morgan fingerprint density at radius 1 is 1.26 bits per heavy atom. The molecule has 1 aromatic rings. The first kappa shape index (κ1) is 14.1. The van der Waals surface area contributed by atoms with Crippen molar-refractivity contribution in [1.82, 2.24) is 15.3 Å². The number of nitrogens with one attached hydrogen (secondary N) is 1. The average Bonchev–Trinajstić information content (AvgIpc) is 2.29. The van der Waals surface area contributed by atoms with Gasteiger partial charge in [-0.1, -0.05) is 23.2 Å². The van der Waals surface area contributed by atoms with Gasteiger partial charge in [0.2, 0.25) is 0 Å². The highest BCUT2D eigenvalue weighted by atomic mass is 35.5. The number of halogens is 2. The Labute approximate surface area is 120 Å². The van der Waals surface area contributed by atoms with Crippen LogP contribution in [0.2, 0.25) is 10.3 Å². The third kappa shape index (κ3) is 4.40. The first-order valence-corrected chi connectivity index (χ1v) is 6.64. The van der Waals surface area contributed by atoms with Crippen molar-refractivity contribution in [3.63, 3.8) is 0 Å². The summed E-state index contributed by atoms with van der Waals surface area (Å²) in [6.45, 7) is 0. The molecule has 1 heterocycles. The Hall–Kier alpha value is -1.27. The van der Waals surface area contributed by atoms with Crippen LogP contribution in [0.25, 0.3) is 0 Å². The zero-order chi connectivity index (χ0) is 13.8. The lowest BCUT2D eigenvalue weighted by molar-refractivity contribution is 0.124. The van der Waals surface area contributed by atoms with Crippen LogP contribution >= 0.6 is 23.2 Å². The Balaban J connectivity index is 1.86. The minimum Gasteiger partial charge on any atom is -0.465 e. The highest BCUT2D eigenvalue weighted by Crippen LogP contribution is 2.23. The molecule has 0 aromatic carbocycles. The maximum absolute atomic E-state index is 10.5. The lowest BCUT2D eigenvalue weighted by atomic mass is 9.93. The average molecular weight is 306 g/mol. The zero-order valence-electron chi connectivity index (χ0n) is 9.97. The summed E-state index contributed by atoms with van der Waals surface area (Å²) in [5, 5.41) is 11.6. The fraction of sp³-hybridized carbons (Fsp3) is 0.545. The van der Waals surface area contributed by atoms with Crippen molar-refractivity contribution in [3.8, 4) is 6.01 Å². The first-order valence-electron chi connectivity index (χ1n) is 5.89. The quantitative estimate of drug-likeness (QED) is 0.839. The van der Waals surface area contributed by atoms with Gasteiger partial charge < -0.3 is 15.2 Å². The number of carboxylic acid groups (broad SMARTS) is 1. The molecule has 6 nitrogen and oxygen atoms in total. The molecule has 1 fully saturated rings. The Bertz CT molecular complexity index is 444. The molecule has 0 aliphatic heterocycles. The van der Waals surface area contributed by atoms with Crippen LogP contribution in [0.3, 0.4) is 0 Å². The summed E-state index contributed by atoms with van der Waals surface area (Å²) in [6, 6.07) is 1.58. The molecule has 1 amide bonds. The molecule has 8 heteroatoms. The van der Waals surface area contributed by atoms with Crippen LogP contribution in [0.1, 0.15) is 25.7 Å². The lowest BCUT2D eigenvalue weighted by Crippen LogP contribution is -2.39. The Kier molecular flexibility index (Phi) is 4.66. The van der Waals surface area contributed by atoms with Crippen molar-refractivity contribution in [2.75, 3.05) is 0 Å². The fourth-order valence-electron chi connectivity index (χ4n) is 2.07. The van der Waals surface area contributed by atoms with E-state index in [1.54, 1.807) is 0 Å². The summed E-state index contributed by atoms with van der Waals surface area (Å²) in [4.78, 5) is 18.4. The fourth-order valence-corrected chi connectivity index (χ4v) is 2.48. The third-order valence-corrected chi connectivity index (χ3v) is 3.30. The minimum absolute atomic E-state index is 0.0128. The molecule has 0 atom stereocenters. The number of hydrogen-bond donors (Lipinski definition) is 2. The Morgan fingerprint density at radius 3 is 2.37 bits per heavy atom. The number of nitrogens with zero attached hydrogens (tertiary/aromatic N) is 2. The van der Waals surface area contributed by atoms with Gasteiger partial charge in [-0.25, -0.2) is 4.79 Å². The number of ether oxygens (including phenoxy) is 1. The number of amides is 1. The van der Waals surface area contributed by atoms with Crippen LogP contribution in [-0.4, -0.2) is 33.3 Å². The number of aromatic nitrogens is 2. The van der Waals surface area contributed by atoms with Crippen LogP contribution in [0.5, 0.6) is 6.01 Å². The molecule has 1 aliphatic rings. The predicted molar refractivity (Wildman–Crippen MR) is 69.9 cm³/mol. The van der Waals surface area contributed by atoms with E-state index < -0.39 is 6.09 Å². The molecule has 19 heavy (non-hydrogen) atoms. The summed E-state index contributed by atoms with van der Waals surface area (Å²) in [5.41, 5.74) is 0. The second-order valence-electron chi connectivity index (χ2n) is 4.34. The molecule has 0 saturated heterocycles. The molecule has 1 saturated carbocycles. The summed E-state index contributed by atoms with van der Waals surface area (Å²) < 4.78 is 5.60. The second-order valence-corrected chi connectivity index (χ2v) is 5.11. The van der Waals surface area contributed by atoms with Gasteiger partial charge >= 0.3 is 12.1 Å². The van der Waals surface area contributed by atoms with E-state index in [0.717, 1.165) is 25.7 Å². The van der Waals surface area contributed by atoms with Crippen LogP contribution in [-0.2, 0) is 0 Å². The SMILES string of the molecule is O=C(O)NC1CCC(Oc2nc(Cl)cc(Cl)n2)CC1. The molecule has 2 rings (SSSR count). The minimum atomic E-state index is -0.991. The standard InChI is InChI=1S/C11H13Cl2N3O3/c12-8-5-9(13)16-10(15-8)19-7-3-1-6(2-4-7)14-11(17)18/h5-7,14H,1-4H2,(H,17,18). The normalized spacial score (nSPS) is 22.8. The van der Waals surface area contributed by atoms with Gasteiger partial charge in [0.25, 0.3) is 0 Å². The summed E-state index contributed by atoms with van der Waals surface area (Å²) in [6.07, 6.45) is 1.89. The van der Waals surface area contributed by atoms with Gasteiger partial charge in [0.15, 0.2) is 0 Å². The van der Waals surface area contributed by atoms with Crippen LogP contribution in [0.4, 0.5) is 4.79 Å². The van der Waals surface area contributed by atoms with Gasteiger partial charge in [-0.3, -0.25) is 0 Å².